The third-order valence-electron chi connectivity index (χ3n) is 11.3. The summed E-state index contributed by atoms with van der Waals surface area (Å²) in [6.45, 7) is 6.31. The van der Waals surface area contributed by atoms with Crippen LogP contribution in [0.2, 0.25) is 0 Å². The number of rotatable bonds is 45. The lowest BCUT2D eigenvalue weighted by molar-refractivity contribution is -0.159. The first-order valence-electron chi connectivity index (χ1n) is 25.6. The van der Waals surface area contributed by atoms with Crippen LogP contribution in [0.4, 0.5) is 0 Å². The first-order chi connectivity index (χ1) is 28.4. The zero-order valence-electron chi connectivity index (χ0n) is 39.1. The van der Waals surface area contributed by atoms with Gasteiger partial charge in [0.2, 0.25) is 0 Å². The lowest BCUT2D eigenvalue weighted by atomic mass is 10.0. The molecule has 0 aliphatic heterocycles. The van der Waals surface area contributed by atoms with Gasteiger partial charge in [0.1, 0.15) is 12.7 Å². The SMILES string of the molecule is CCCCCCCCCCCCCC(=O)OCC(O)CO.CCCCCCCCCCCCCCCCCC(=O)OC(=O)CCCCCCCCCCCCCCC. The lowest BCUT2D eigenvalue weighted by Gasteiger charge is -2.08. The molecular weight excluding hydrogens is 725 g/mol. The Hall–Kier alpha value is -1.47. The van der Waals surface area contributed by atoms with E-state index in [1.54, 1.807) is 0 Å². The number of hydrogen-bond donors (Lipinski definition) is 2. The van der Waals surface area contributed by atoms with E-state index in [-0.39, 0.29) is 31.1 Å². The zero-order chi connectivity index (χ0) is 42.8. The summed E-state index contributed by atoms with van der Waals surface area (Å²) in [4.78, 5) is 35.1. The molecule has 0 aromatic carbocycles. The van der Waals surface area contributed by atoms with Gasteiger partial charge in [-0.15, -0.1) is 0 Å². The second-order valence-corrected chi connectivity index (χ2v) is 17.3. The highest BCUT2D eigenvalue weighted by molar-refractivity contribution is 5.85. The van der Waals surface area contributed by atoms with Gasteiger partial charge in [0, 0.05) is 19.3 Å². The van der Waals surface area contributed by atoms with E-state index >= 15 is 0 Å². The van der Waals surface area contributed by atoms with Crippen LogP contribution in [-0.2, 0) is 23.9 Å². The predicted molar refractivity (Wildman–Crippen MR) is 246 cm³/mol. The van der Waals surface area contributed by atoms with E-state index in [1.807, 2.05) is 0 Å². The van der Waals surface area contributed by atoms with Crippen molar-refractivity contribution < 1.29 is 34.1 Å². The van der Waals surface area contributed by atoms with Crippen LogP contribution in [-0.4, -0.2) is 47.4 Å². The molecule has 0 saturated carbocycles. The number of hydrogen-bond acceptors (Lipinski definition) is 7. The molecule has 2 N–H and O–H groups in total. The Balaban J connectivity index is 0. The van der Waals surface area contributed by atoms with Gasteiger partial charge in [-0.1, -0.05) is 252 Å². The largest absolute Gasteiger partial charge is 0.463 e. The number of unbranched alkanes of at least 4 members (excludes halogenated alkanes) is 36. The van der Waals surface area contributed by atoms with Crippen LogP contribution < -0.4 is 0 Å². The molecule has 0 amide bonds. The van der Waals surface area contributed by atoms with E-state index < -0.39 is 6.10 Å². The Labute approximate surface area is 360 Å². The van der Waals surface area contributed by atoms with E-state index in [0.29, 0.717) is 19.3 Å². The summed E-state index contributed by atoms with van der Waals surface area (Å²) in [6, 6.07) is 0. The van der Waals surface area contributed by atoms with Gasteiger partial charge in [0.15, 0.2) is 0 Å². The zero-order valence-corrected chi connectivity index (χ0v) is 39.1. The van der Waals surface area contributed by atoms with Crippen LogP contribution in [0.1, 0.15) is 290 Å². The van der Waals surface area contributed by atoms with E-state index in [4.69, 9.17) is 19.7 Å². The number of ether oxygens (including phenoxy) is 2. The lowest BCUT2D eigenvalue weighted by Crippen LogP contribution is -2.21. The van der Waals surface area contributed by atoms with Crippen molar-refractivity contribution in [2.45, 2.75) is 297 Å². The Morgan fingerprint density at radius 3 is 0.776 bits per heavy atom. The van der Waals surface area contributed by atoms with Gasteiger partial charge in [0.25, 0.3) is 0 Å². The number of carbonyl (C=O) groups is 3. The molecule has 0 saturated heterocycles. The number of esters is 3. The maximum Gasteiger partial charge on any atom is 0.313 e. The third-order valence-corrected chi connectivity index (χ3v) is 11.3. The van der Waals surface area contributed by atoms with E-state index in [2.05, 4.69) is 20.8 Å². The van der Waals surface area contributed by atoms with Crippen LogP contribution in [0.3, 0.4) is 0 Å². The molecule has 0 aromatic rings. The molecule has 0 radical (unpaired) electrons. The summed E-state index contributed by atoms with van der Waals surface area (Å²) >= 11 is 0. The molecule has 0 aliphatic rings. The van der Waals surface area contributed by atoms with Crippen molar-refractivity contribution in [1.29, 1.82) is 0 Å². The van der Waals surface area contributed by atoms with Crippen molar-refractivity contribution in [3.63, 3.8) is 0 Å². The summed E-state index contributed by atoms with van der Waals surface area (Å²) in [6.07, 6.45) is 50.4. The monoisotopic (exact) mass is 825 g/mol. The van der Waals surface area contributed by atoms with Crippen LogP contribution in [0.5, 0.6) is 0 Å². The minimum absolute atomic E-state index is 0.104. The van der Waals surface area contributed by atoms with E-state index in [0.717, 1.165) is 38.5 Å². The third kappa shape index (κ3) is 52.5. The van der Waals surface area contributed by atoms with Crippen LogP contribution >= 0.6 is 0 Å². The molecule has 7 nitrogen and oxygen atoms in total. The minimum atomic E-state index is -0.953. The molecule has 0 rings (SSSR count). The molecule has 0 heterocycles. The first kappa shape index (κ1) is 58.6. The quantitative estimate of drug-likeness (QED) is 0.0357. The average Bonchev–Trinajstić information content (AvgIpc) is 3.22. The van der Waals surface area contributed by atoms with Gasteiger partial charge >= 0.3 is 17.9 Å². The summed E-state index contributed by atoms with van der Waals surface area (Å²) in [5.41, 5.74) is 0. The molecule has 0 bridgehead atoms. The second-order valence-electron chi connectivity index (χ2n) is 17.3. The van der Waals surface area contributed by atoms with Crippen molar-refractivity contribution in [3.8, 4) is 0 Å². The standard InChI is InChI=1S/C34H66O3.C17H34O4/c1-3-5-7-9-11-13-15-17-18-20-22-24-26-28-30-32-34(36)37-33(35)31-29-27-25-23-21-19-16-14-12-10-8-6-4-2;1-2-3-4-5-6-7-8-9-10-11-12-13-17(20)21-15-16(19)14-18/h3-32H2,1-2H3;16,18-19H,2-15H2,1H3. The summed E-state index contributed by atoms with van der Waals surface area (Å²) in [5.74, 6) is -0.929. The Morgan fingerprint density at radius 2 is 0.552 bits per heavy atom. The summed E-state index contributed by atoms with van der Waals surface area (Å²) in [7, 11) is 0. The second kappa shape index (κ2) is 51.7. The number of aliphatic hydroxyl groups is 2. The molecule has 1 atom stereocenters. The van der Waals surface area contributed by atoms with Gasteiger partial charge in [-0.25, -0.2) is 0 Å². The molecule has 7 heteroatoms. The molecule has 346 valence electrons. The molecule has 58 heavy (non-hydrogen) atoms. The van der Waals surface area contributed by atoms with Crippen molar-refractivity contribution in [1.82, 2.24) is 0 Å². The van der Waals surface area contributed by atoms with Crippen LogP contribution in [0.15, 0.2) is 0 Å². The van der Waals surface area contributed by atoms with Crippen molar-refractivity contribution in [2.24, 2.45) is 0 Å². The summed E-state index contributed by atoms with van der Waals surface area (Å²) in [5, 5.41) is 17.6. The van der Waals surface area contributed by atoms with Gasteiger partial charge < -0.3 is 19.7 Å². The molecular formula is C51H100O7. The smallest absolute Gasteiger partial charge is 0.313 e. The van der Waals surface area contributed by atoms with Crippen molar-refractivity contribution in [3.05, 3.63) is 0 Å². The van der Waals surface area contributed by atoms with Crippen molar-refractivity contribution >= 4 is 17.9 Å². The minimum Gasteiger partial charge on any atom is -0.463 e. The molecule has 1 unspecified atom stereocenters. The van der Waals surface area contributed by atoms with E-state index in [9.17, 15) is 14.4 Å². The van der Waals surface area contributed by atoms with Gasteiger partial charge in [0.05, 0.1) is 6.61 Å². The fourth-order valence-electron chi connectivity index (χ4n) is 7.40. The van der Waals surface area contributed by atoms with Crippen molar-refractivity contribution in [2.75, 3.05) is 13.2 Å². The fraction of sp³-hybridized carbons (Fsp3) is 0.941. The summed E-state index contributed by atoms with van der Waals surface area (Å²) < 4.78 is 9.84. The fourth-order valence-corrected chi connectivity index (χ4v) is 7.40. The first-order valence-corrected chi connectivity index (χ1v) is 25.6. The number of carbonyl (C=O) groups excluding carboxylic acids is 3. The average molecular weight is 825 g/mol. The highest BCUT2D eigenvalue weighted by Gasteiger charge is 2.10. The highest BCUT2D eigenvalue weighted by atomic mass is 16.6. The van der Waals surface area contributed by atoms with Crippen LogP contribution in [0.25, 0.3) is 0 Å². The molecule has 0 fully saturated rings. The van der Waals surface area contributed by atoms with Gasteiger partial charge in [-0.05, 0) is 19.3 Å². The highest BCUT2D eigenvalue weighted by Crippen LogP contribution is 2.16. The van der Waals surface area contributed by atoms with E-state index in [1.165, 1.54) is 212 Å². The molecule has 0 spiro atoms. The maximum atomic E-state index is 11.9. The number of aliphatic hydroxyl groups excluding tert-OH is 2. The Bertz CT molecular complexity index is 832. The normalized spacial score (nSPS) is 11.6. The van der Waals surface area contributed by atoms with Gasteiger partial charge in [-0.3, -0.25) is 14.4 Å². The Morgan fingerprint density at radius 1 is 0.345 bits per heavy atom. The van der Waals surface area contributed by atoms with Crippen LogP contribution in [0, 0.1) is 0 Å². The predicted octanol–water partition coefficient (Wildman–Crippen LogP) is 15.4. The van der Waals surface area contributed by atoms with Gasteiger partial charge in [-0.2, -0.15) is 0 Å². The Kier molecular flexibility index (Phi) is 52.2. The molecule has 0 aromatic heterocycles. The maximum absolute atomic E-state index is 11.9. The topological polar surface area (TPSA) is 110 Å². The molecule has 0 aliphatic carbocycles.